The van der Waals surface area contributed by atoms with E-state index in [1.807, 2.05) is 6.07 Å². The summed E-state index contributed by atoms with van der Waals surface area (Å²) in [6.07, 6.45) is 1.93. The Morgan fingerprint density at radius 2 is 2.35 bits per heavy atom. The van der Waals surface area contributed by atoms with Crippen LogP contribution in [0.4, 0.5) is 5.82 Å². The number of aromatic nitrogens is 3. The molecule has 0 saturated carbocycles. The molecule has 0 aliphatic carbocycles. The van der Waals surface area contributed by atoms with Crippen LogP contribution >= 0.6 is 0 Å². The number of hydrogen-bond donors (Lipinski definition) is 2. The van der Waals surface area contributed by atoms with Gasteiger partial charge >= 0.3 is 0 Å². The Labute approximate surface area is 98.4 Å². The fourth-order valence-corrected chi connectivity index (χ4v) is 1.48. The summed E-state index contributed by atoms with van der Waals surface area (Å²) in [4.78, 5) is 11.7. The van der Waals surface area contributed by atoms with Crippen LogP contribution in [0.5, 0.6) is 0 Å². The van der Waals surface area contributed by atoms with Crippen molar-refractivity contribution in [3.05, 3.63) is 29.3 Å². The molecule has 2 heterocycles. The molecule has 0 radical (unpaired) electrons. The third kappa shape index (κ3) is 2.72. The number of nitrogens with one attached hydrogen (secondary N) is 2. The first-order chi connectivity index (χ1) is 8.19. The summed E-state index contributed by atoms with van der Waals surface area (Å²) < 4.78 is 4.83. The van der Waals surface area contributed by atoms with Gasteiger partial charge < -0.3 is 9.84 Å². The summed E-state index contributed by atoms with van der Waals surface area (Å²) in [5, 5.41) is 13.1. The molecule has 0 aliphatic heterocycles. The second-order valence-corrected chi connectivity index (χ2v) is 3.81. The zero-order valence-corrected chi connectivity index (χ0v) is 9.78. The number of anilines is 1. The minimum atomic E-state index is -0.323. The standard InChI is InChI=1S/C11H14N4O2/c1-3-4-8-6-10(14-13-8)12-11(16)9-5-7(2)17-15-9/h5-6H,3-4H2,1-2H3,(H2,12,13,14,16). The number of aryl methyl sites for hydroxylation is 2. The highest BCUT2D eigenvalue weighted by Crippen LogP contribution is 2.09. The molecule has 6 nitrogen and oxygen atoms in total. The molecule has 0 unspecified atom stereocenters. The zero-order chi connectivity index (χ0) is 12.3. The molecule has 90 valence electrons. The fourth-order valence-electron chi connectivity index (χ4n) is 1.48. The van der Waals surface area contributed by atoms with Crippen molar-refractivity contribution < 1.29 is 9.32 Å². The molecule has 0 fully saturated rings. The van der Waals surface area contributed by atoms with Crippen molar-refractivity contribution in [2.75, 3.05) is 5.32 Å². The number of rotatable bonds is 4. The highest BCUT2D eigenvalue weighted by atomic mass is 16.5. The highest BCUT2D eigenvalue weighted by Gasteiger charge is 2.12. The van der Waals surface area contributed by atoms with Gasteiger partial charge in [-0.2, -0.15) is 5.10 Å². The van der Waals surface area contributed by atoms with E-state index in [2.05, 4.69) is 27.6 Å². The Hall–Kier alpha value is -2.11. The maximum absolute atomic E-state index is 11.7. The first-order valence-electron chi connectivity index (χ1n) is 5.48. The molecule has 1 amide bonds. The maximum Gasteiger partial charge on any atom is 0.279 e. The van der Waals surface area contributed by atoms with Gasteiger partial charge in [-0.15, -0.1) is 0 Å². The molecule has 2 aromatic rings. The molecule has 0 aliphatic rings. The molecular formula is C11H14N4O2. The van der Waals surface area contributed by atoms with E-state index in [0.717, 1.165) is 18.5 Å². The highest BCUT2D eigenvalue weighted by molar-refractivity contribution is 6.02. The van der Waals surface area contributed by atoms with Crippen LogP contribution in [0.2, 0.25) is 0 Å². The molecule has 17 heavy (non-hydrogen) atoms. The van der Waals surface area contributed by atoms with Crippen LogP contribution in [0.1, 0.15) is 35.3 Å². The number of carbonyl (C=O) groups excluding carboxylic acids is 1. The lowest BCUT2D eigenvalue weighted by Crippen LogP contribution is -2.12. The van der Waals surface area contributed by atoms with E-state index in [1.54, 1.807) is 13.0 Å². The smallest absolute Gasteiger partial charge is 0.279 e. The van der Waals surface area contributed by atoms with E-state index in [1.165, 1.54) is 0 Å². The maximum atomic E-state index is 11.7. The van der Waals surface area contributed by atoms with Gasteiger partial charge in [0.05, 0.1) is 0 Å². The average Bonchev–Trinajstić information content (AvgIpc) is 2.88. The van der Waals surface area contributed by atoms with E-state index in [4.69, 9.17) is 4.52 Å². The summed E-state index contributed by atoms with van der Waals surface area (Å²) in [7, 11) is 0. The van der Waals surface area contributed by atoms with Gasteiger partial charge in [-0.1, -0.05) is 18.5 Å². The Balaban J connectivity index is 2.02. The van der Waals surface area contributed by atoms with Crippen molar-refractivity contribution in [3.8, 4) is 0 Å². The Kier molecular flexibility index (Phi) is 3.22. The van der Waals surface area contributed by atoms with Gasteiger partial charge in [0, 0.05) is 17.8 Å². The van der Waals surface area contributed by atoms with E-state index in [9.17, 15) is 4.79 Å². The van der Waals surface area contributed by atoms with Gasteiger partial charge in [-0.3, -0.25) is 9.89 Å². The fraction of sp³-hybridized carbons (Fsp3) is 0.364. The molecule has 0 saturated heterocycles. The normalized spacial score (nSPS) is 10.5. The topological polar surface area (TPSA) is 83.8 Å². The number of nitrogens with zero attached hydrogens (tertiary/aromatic N) is 2. The first kappa shape index (κ1) is 11.4. The van der Waals surface area contributed by atoms with Crippen LogP contribution in [0.15, 0.2) is 16.7 Å². The number of hydrogen-bond acceptors (Lipinski definition) is 4. The van der Waals surface area contributed by atoms with Crippen LogP contribution in [-0.2, 0) is 6.42 Å². The van der Waals surface area contributed by atoms with E-state index >= 15 is 0 Å². The van der Waals surface area contributed by atoms with Crippen LogP contribution in [0.3, 0.4) is 0 Å². The number of amides is 1. The Morgan fingerprint density at radius 1 is 1.53 bits per heavy atom. The van der Waals surface area contributed by atoms with Gasteiger partial charge in [0.15, 0.2) is 11.5 Å². The summed E-state index contributed by atoms with van der Waals surface area (Å²) in [5.41, 5.74) is 1.25. The molecule has 2 N–H and O–H groups in total. The van der Waals surface area contributed by atoms with Gasteiger partial charge in [0.25, 0.3) is 5.91 Å². The summed E-state index contributed by atoms with van der Waals surface area (Å²) >= 11 is 0. The van der Waals surface area contributed by atoms with Crippen molar-refractivity contribution in [1.29, 1.82) is 0 Å². The van der Waals surface area contributed by atoms with Crippen LogP contribution in [0, 0.1) is 6.92 Å². The minimum Gasteiger partial charge on any atom is -0.361 e. The first-order valence-corrected chi connectivity index (χ1v) is 5.48. The van der Waals surface area contributed by atoms with Crippen LogP contribution in [-0.4, -0.2) is 21.3 Å². The quantitative estimate of drug-likeness (QED) is 0.846. The zero-order valence-electron chi connectivity index (χ0n) is 9.78. The lowest BCUT2D eigenvalue weighted by molar-refractivity contribution is 0.101. The van der Waals surface area contributed by atoms with Gasteiger partial charge in [0.2, 0.25) is 0 Å². The number of carbonyl (C=O) groups is 1. The molecule has 0 atom stereocenters. The van der Waals surface area contributed by atoms with Crippen molar-refractivity contribution in [1.82, 2.24) is 15.4 Å². The van der Waals surface area contributed by atoms with E-state index < -0.39 is 0 Å². The number of H-pyrrole nitrogens is 1. The predicted molar refractivity (Wildman–Crippen MR) is 61.8 cm³/mol. The molecule has 0 bridgehead atoms. The van der Waals surface area contributed by atoms with Gasteiger partial charge in [-0.25, -0.2) is 0 Å². The molecule has 6 heteroatoms. The number of aromatic amines is 1. The molecular weight excluding hydrogens is 220 g/mol. The minimum absolute atomic E-state index is 0.252. The molecule has 0 spiro atoms. The second kappa shape index (κ2) is 4.82. The van der Waals surface area contributed by atoms with E-state index in [0.29, 0.717) is 11.6 Å². The summed E-state index contributed by atoms with van der Waals surface area (Å²) in [6.45, 7) is 3.81. The summed E-state index contributed by atoms with van der Waals surface area (Å²) in [5.74, 6) is 0.777. The van der Waals surface area contributed by atoms with Crippen LogP contribution < -0.4 is 5.32 Å². The Bertz CT molecular complexity index is 515. The molecule has 2 aromatic heterocycles. The van der Waals surface area contributed by atoms with Crippen molar-refractivity contribution in [2.24, 2.45) is 0 Å². The predicted octanol–water partition coefficient (Wildman–Crippen LogP) is 1.91. The average molecular weight is 234 g/mol. The third-order valence-electron chi connectivity index (χ3n) is 2.25. The SMILES string of the molecule is CCCc1cc(NC(=O)c2cc(C)on2)n[nH]1. The second-order valence-electron chi connectivity index (χ2n) is 3.81. The Morgan fingerprint density at radius 3 is 3.00 bits per heavy atom. The van der Waals surface area contributed by atoms with Gasteiger partial charge in [0.1, 0.15) is 5.76 Å². The summed E-state index contributed by atoms with van der Waals surface area (Å²) in [6, 6.07) is 3.39. The van der Waals surface area contributed by atoms with Gasteiger partial charge in [-0.05, 0) is 13.3 Å². The third-order valence-corrected chi connectivity index (χ3v) is 2.25. The monoisotopic (exact) mass is 234 g/mol. The largest absolute Gasteiger partial charge is 0.361 e. The van der Waals surface area contributed by atoms with Crippen molar-refractivity contribution >= 4 is 11.7 Å². The van der Waals surface area contributed by atoms with E-state index in [-0.39, 0.29) is 11.6 Å². The van der Waals surface area contributed by atoms with Crippen molar-refractivity contribution in [2.45, 2.75) is 26.7 Å². The molecule has 0 aromatic carbocycles. The molecule has 2 rings (SSSR count). The lowest BCUT2D eigenvalue weighted by atomic mass is 10.2. The van der Waals surface area contributed by atoms with Crippen LogP contribution in [0.25, 0.3) is 0 Å². The van der Waals surface area contributed by atoms with Crippen molar-refractivity contribution in [3.63, 3.8) is 0 Å². The lowest BCUT2D eigenvalue weighted by Gasteiger charge is -1.95.